The van der Waals surface area contributed by atoms with Gasteiger partial charge < -0.3 is 10.6 Å². The topological polar surface area (TPSA) is 41.1 Å². The van der Waals surface area contributed by atoms with E-state index in [9.17, 15) is 4.79 Å². The van der Waals surface area contributed by atoms with Crippen molar-refractivity contribution in [3.05, 3.63) is 59.1 Å². The molecule has 2 N–H and O–H groups in total. The highest BCUT2D eigenvalue weighted by Gasteiger charge is 2.25. The Hall–Kier alpha value is -2.00. The Morgan fingerprint density at radius 1 is 1.05 bits per heavy atom. The number of benzene rings is 2. The molecule has 2 aromatic carbocycles. The molecule has 3 nitrogen and oxygen atoms in total. The van der Waals surface area contributed by atoms with E-state index in [0.29, 0.717) is 11.4 Å². The van der Waals surface area contributed by atoms with Gasteiger partial charge in [0, 0.05) is 11.4 Å². The lowest BCUT2D eigenvalue weighted by molar-refractivity contribution is -0.117. The van der Waals surface area contributed by atoms with Crippen LogP contribution in [0.4, 0.5) is 11.4 Å². The van der Waals surface area contributed by atoms with Gasteiger partial charge in [-0.05, 0) is 23.8 Å². The highest BCUT2D eigenvalue weighted by Crippen LogP contribution is 2.30. The van der Waals surface area contributed by atoms with Crippen molar-refractivity contribution in [3.63, 3.8) is 0 Å². The van der Waals surface area contributed by atoms with E-state index in [1.807, 2.05) is 42.5 Å². The molecule has 4 heteroatoms. The van der Waals surface area contributed by atoms with Gasteiger partial charge in [-0.1, -0.05) is 41.9 Å². The van der Waals surface area contributed by atoms with Crippen molar-refractivity contribution in [3.8, 4) is 0 Å². The minimum absolute atomic E-state index is 0.0291. The predicted octanol–water partition coefficient (Wildman–Crippen LogP) is 3.32. The average molecular weight is 273 g/mol. The summed E-state index contributed by atoms with van der Waals surface area (Å²) in [5.74, 6) is -0.0291. The fraction of sp³-hybridized carbons (Fsp3) is 0.133. The normalized spacial score (nSPS) is 17.3. The van der Waals surface area contributed by atoms with Gasteiger partial charge >= 0.3 is 0 Å². The van der Waals surface area contributed by atoms with Gasteiger partial charge in [-0.3, -0.25) is 4.79 Å². The molecular weight excluding hydrogens is 260 g/mol. The van der Waals surface area contributed by atoms with E-state index < -0.39 is 0 Å². The lowest BCUT2D eigenvalue weighted by Gasteiger charge is -2.27. The summed E-state index contributed by atoms with van der Waals surface area (Å²) in [6, 6.07) is 15.2. The number of carbonyl (C=O) groups is 1. The zero-order chi connectivity index (χ0) is 13.2. The number of nitrogens with one attached hydrogen (secondary N) is 2. The van der Waals surface area contributed by atoms with Gasteiger partial charge in [-0.2, -0.15) is 0 Å². The zero-order valence-electron chi connectivity index (χ0n) is 10.2. The van der Waals surface area contributed by atoms with Crippen LogP contribution in [-0.4, -0.2) is 11.9 Å². The molecule has 2 aromatic rings. The molecule has 0 aromatic heterocycles. The van der Waals surface area contributed by atoms with Crippen LogP contribution < -0.4 is 10.6 Å². The molecule has 1 aliphatic heterocycles. The van der Waals surface area contributed by atoms with Crippen LogP contribution in [0.2, 0.25) is 5.02 Å². The van der Waals surface area contributed by atoms with E-state index >= 15 is 0 Å². The fourth-order valence-corrected chi connectivity index (χ4v) is 2.38. The minimum Gasteiger partial charge on any atom is -0.372 e. The fourth-order valence-electron chi connectivity index (χ4n) is 2.21. The van der Waals surface area contributed by atoms with Crippen LogP contribution in [-0.2, 0) is 11.2 Å². The maximum absolute atomic E-state index is 12.1. The van der Waals surface area contributed by atoms with Gasteiger partial charge in [0.1, 0.15) is 6.04 Å². The molecule has 1 atom stereocenters. The molecule has 1 amide bonds. The molecule has 0 saturated carbocycles. The Labute approximate surface area is 116 Å². The smallest absolute Gasteiger partial charge is 0.247 e. The second kappa shape index (κ2) is 4.94. The number of hydrogen-bond donors (Lipinski definition) is 2. The van der Waals surface area contributed by atoms with E-state index in [0.717, 1.165) is 16.9 Å². The van der Waals surface area contributed by atoms with Crippen LogP contribution in [0.5, 0.6) is 0 Å². The number of fused-ring (bicyclic) bond motifs is 1. The molecule has 0 bridgehead atoms. The molecule has 3 rings (SSSR count). The first-order valence-corrected chi connectivity index (χ1v) is 6.51. The second-order valence-electron chi connectivity index (χ2n) is 4.57. The molecular formula is C15H13ClN2O. The van der Waals surface area contributed by atoms with Crippen molar-refractivity contribution in [1.29, 1.82) is 0 Å². The van der Waals surface area contributed by atoms with Crippen LogP contribution in [0, 0.1) is 0 Å². The average Bonchev–Trinajstić information content (AvgIpc) is 2.41. The molecule has 0 saturated heterocycles. The van der Waals surface area contributed by atoms with Crippen molar-refractivity contribution in [2.75, 3.05) is 10.6 Å². The molecule has 1 aliphatic rings. The lowest BCUT2D eigenvalue weighted by Crippen LogP contribution is -2.40. The largest absolute Gasteiger partial charge is 0.372 e. The molecule has 0 unspecified atom stereocenters. The van der Waals surface area contributed by atoms with E-state index in [-0.39, 0.29) is 11.9 Å². The maximum Gasteiger partial charge on any atom is 0.247 e. The van der Waals surface area contributed by atoms with Crippen LogP contribution in [0.1, 0.15) is 5.56 Å². The number of hydrogen-bond acceptors (Lipinski definition) is 2. The van der Waals surface area contributed by atoms with Gasteiger partial charge in [-0.15, -0.1) is 0 Å². The van der Waals surface area contributed by atoms with Crippen molar-refractivity contribution in [2.45, 2.75) is 12.5 Å². The minimum atomic E-state index is -0.254. The van der Waals surface area contributed by atoms with E-state index in [2.05, 4.69) is 10.6 Å². The van der Waals surface area contributed by atoms with Crippen LogP contribution in [0.15, 0.2) is 48.5 Å². The Bertz CT molecular complexity index is 613. The number of anilines is 2. The monoisotopic (exact) mass is 272 g/mol. The van der Waals surface area contributed by atoms with Gasteiger partial charge in [0.15, 0.2) is 0 Å². The maximum atomic E-state index is 12.1. The Morgan fingerprint density at radius 2 is 1.84 bits per heavy atom. The summed E-state index contributed by atoms with van der Waals surface area (Å²) in [6.45, 7) is 0. The van der Waals surface area contributed by atoms with Crippen molar-refractivity contribution in [1.82, 2.24) is 0 Å². The summed E-state index contributed by atoms with van der Waals surface area (Å²) in [5, 5.41) is 6.75. The van der Waals surface area contributed by atoms with E-state index in [4.69, 9.17) is 11.6 Å². The first kappa shape index (κ1) is 12.1. The van der Waals surface area contributed by atoms with Gasteiger partial charge in [0.25, 0.3) is 0 Å². The summed E-state index contributed by atoms with van der Waals surface area (Å²) >= 11 is 5.91. The van der Waals surface area contributed by atoms with E-state index in [1.165, 1.54) is 0 Å². The summed E-state index contributed by atoms with van der Waals surface area (Å²) < 4.78 is 0. The summed E-state index contributed by atoms with van der Waals surface area (Å²) in [7, 11) is 0. The Morgan fingerprint density at radius 3 is 2.63 bits per heavy atom. The number of carbonyl (C=O) groups excluding carboxylic acids is 1. The quantitative estimate of drug-likeness (QED) is 0.881. The highest BCUT2D eigenvalue weighted by molar-refractivity contribution is 6.31. The first-order valence-electron chi connectivity index (χ1n) is 6.13. The summed E-state index contributed by atoms with van der Waals surface area (Å²) in [4.78, 5) is 12.1. The Balaban J connectivity index is 1.82. The van der Waals surface area contributed by atoms with Crippen LogP contribution in [0.25, 0.3) is 0 Å². The zero-order valence-corrected chi connectivity index (χ0v) is 10.9. The van der Waals surface area contributed by atoms with Crippen molar-refractivity contribution >= 4 is 28.9 Å². The second-order valence-corrected chi connectivity index (χ2v) is 5.00. The highest BCUT2D eigenvalue weighted by atomic mass is 35.5. The molecule has 19 heavy (non-hydrogen) atoms. The molecule has 1 heterocycles. The summed E-state index contributed by atoms with van der Waals surface area (Å²) in [6.07, 6.45) is 0.661. The van der Waals surface area contributed by atoms with Crippen LogP contribution >= 0.6 is 11.6 Å². The van der Waals surface area contributed by atoms with Gasteiger partial charge in [-0.25, -0.2) is 0 Å². The first-order chi connectivity index (χ1) is 9.22. The predicted molar refractivity (Wildman–Crippen MR) is 77.6 cm³/mol. The number of amides is 1. The van der Waals surface area contributed by atoms with E-state index in [1.54, 1.807) is 6.07 Å². The van der Waals surface area contributed by atoms with Gasteiger partial charge in [0.2, 0.25) is 5.91 Å². The summed E-state index contributed by atoms with van der Waals surface area (Å²) in [5.41, 5.74) is 2.78. The third-order valence-electron chi connectivity index (χ3n) is 3.17. The number of halogens is 1. The molecule has 0 aliphatic carbocycles. The number of rotatable bonds is 2. The molecule has 0 fully saturated rings. The van der Waals surface area contributed by atoms with Gasteiger partial charge in [0.05, 0.1) is 11.4 Å². The lowest BCUT2D eigenvalue weighted by atomic mass is 10.0. The third kappa shape index (κ3) is 2.56. The van der Waals surface area contributed by atoms with Crippen molar-refractivity contribution < 1.29 is 4.79 Å². The molecule has 0 spiro atoms. The third-order valence-corrected chi connectivity index (χ3v) is 3.40. The van der Waals surface area contributed by atoms with Crippen molar-refractivity contribution in [2.24, 2.45) is 0 Å². The van der Waals surface area contributed by atoms with Crippen LogP contribution in [0.3, 0.4) is 0 Å². The Kier molecular flexibility index (Phi) is 3.13. The molecule has 0 radical (unpaired) electrons. The SMILES string of the molecule is O=C1Nc2cc(Cl)ccc2N[C@H]1Cc1ccccc1. The standard InChI is InChI=1S/C15H13ClN2O/c16-11-6-7-12-13(9-11)18-15(19)14(17-12)8-10-4-2-1-3-5-10/h1-7,9,14,17H,8H2,(H,18,19)/t14-/m0/s1. The molecule has 96 valence electrons.